The molecular formula is C22H33ClN2O2. The quantitative estimate of drug-likeness (QED) is 0.834. The Bertz CT molecular complexity index is 604. The largest absolute Gasteiger partial charge is 0.378 e. The Morgan fingerprint density at radius 3 is 2.70 bits per heavy atom. The van der Waals surface area contributed by atoms with Gasteiger partial charge in [0.2, 0.25) is 5.91 Å². The highest BCUT2D eigenvalue weighted by atomic mass is 35.5. The second-order valence-electron chi connectivity index (χ2n) is 8.33. The number of amides is 1. The van der Waals surface area contributed by atoms with E-state index < -0.39 is 0 Å². The van der Waals surface area contributed by atoms with Gasteiger partial charge >= 0.3 is 0 Å². The number of fused-ring (bicyclic) bond motifs is 1. The molecule has 3 fully saturated rings. The van der Waals surface area contributed by atoms with Gasteiger partial charge < -0.3 is 15.0 Å². The number of nitrogens with one attached hydrogen (secondary N) is 1. The molecule has 4 nitrogen and oxygen atoms in total. The van der Waals surface area contributed by atoms with Gasteiger partial charge in [-0.3, -0.25) is 4.79 Å². The van der Waals surface area contributed by atoms with Crippen molar-refractivity contribution in [1.29, 1.82) is 0 Å². The first-order valence-electron chi connectivity index (χ1n) is 10.4. The number of halogens is 1. The van der Waals surface area contributed by atoms with Crippen molar-refractivity contribution in [1.82, 2.24) is 10.2 Å². The highest BCUT2D eigenvalue weighted by Gasteiger charge is 2.51. The van der Waals surface area contributed by atoms with Gasteiger partial charge in [0, 0.05) is 19.6 Å². The lowest BCUT2D eigenvalue weighted by Gasteiger charge is -2.43. The fourth-order valence-electron chi connectivity index (χ4n) is 5.20. The van der Waals surface area contributed by atoms with Crippen LogP contribution in [-0.2, 0) is 16.0 Å². The van der Waals surface area contributed by atoms with Crippen molar-refractivity contribution >= 4 is 18.3 Å². The zero-order valence-corrected chi connectivity index (χ0v) is 17.0. The van der Waals surface area contributed by atoms with E-state index in [9.17, 15) is 4.79 Å². The minimum atomic E-state index is -0.0980. The summed E-state index contributed by atoms with van der Waals surface area (Å²) in [6.07, 6.45) is 8.04. The average molecular weight is 393 g/mol. The smallest absolute Gasteiger partial charge is 0.230 e. The maximum atomic E-state index is 13.3. The molecule has 2 atom stereocenters. The van der Waals surface area contributed by atoms with Gasteiger partial charge in [0.05, 0.1) is 18.1 Å². The van der Waals surface area contributed by atoms with E-state index in [0.717, 1.165) is 58.5 Å². The molecule has 2 heterocycles. The van der Waals surface area contributed by atoms with Gasteiger partial charge in [-0.15, -0.1) is 12.4 Å². The predicted octanol–water partition coefficient (Wildman–Crippen LogP) is 3.44. The molecule has 0 aromatic heterocycles. The molecule has 1 aromatic rings. The van der Waals surface area contributed by atoms with Crippen LogP contribution in [0.2, 0.25) is 0 Å². The molecule has 2 saturated heterocycles. The Kier molecular flexibility index (Phi) is 7.18. The number of carbonyl (C=O) groups is 1. The fraction of sp³-hybridized carbons (Fsp3) is 0.682. The lowest BCUT2D eigenvalue weighted by molar-refractivity contribution is -0.148. The third-order valence-electron chi connectivity index (χ3n) is 6.78. The van der Waals surface area contributed by atoms with E-state index in [2.05, 4.69) is 34.5 Å². The lowest BCUT2D eigenvalue weighted by atomic mass is 9.67. The van der Waals surface area contributed by atoms with Crippen LogP contribution in [0.25, 0.3) is 0 Å². The number of hydrogen-bond acceptors (Lipinski definition) is 3. The number of likely N-dealkylation sites (tertiary alicyclic amines) is 1. The van der Waals surface area contributed by atoms with Crippen molar-refractivity contribution in [3.63, 3.8) is 0 Å². The molecule has 27 heavy (non-hydrogen) atoms. The zero-order valence-electron chi connectivity index (χ0n) is 16.2. The SMILES string of the molecule is Cl.O=C(N1CCC(OCCc2ccccc2)CC1)[C@@]12CCCC[C@H]1CNC2. The first-order valence-corrected chi connectivity index (χ1v) is 10.4. The van der Waals surface area contributed by atoms with E-state index in [0.29, 0.717) is 17.9 Å². The summed E-state index contributed by atoms with van der Waals surface area (Å²) < 4.78 is 6.10. The van der Waals surface area contributed by atoms with Crippen molar-refractivity contribution in [2.75, 3.05) is 32.8 Å². The van der Waals surface area contributed by atoms with Gasteiger partial charge in [0.1, 0.15) is 0 Å². The van der Waals surface area contributed by atoms with Crippen LogP contribution in [0, 0.1) is 11.3 Å². The second-order valence-corrected chi connectivity index (χ2v) is 8.33. The van der Waals surface area contributed by atoms with E-state index in [-0.39, 0.29) is 17.8 Å². The first-order chi connectivity index (χ1) is 12.8. The molecule has 2 aliphatic heterocycles. The molecule has 1 amide bonds. The van der Waals surface area contributed by atoms with Crippen LogP contribution >= 0.6 is 12.4 Å². The summed E-state index contributed by atoms with van der Waals surface area (Å²) in [7, 11) is 0. The fourth-order valence-corrected chi connectivity index (χ4v) is 5.20. The maximum absolute atomic E-state index is 13.3. The van der Waals surface area contributed by atoms with E-state index >= 15 is 0 Å². The molecule has 0 spiro atoms. The number of rotatable bonds is 5. The van der Waals surface area contributed by atoms with Crippen LogP contribution in [0.15, 0.2) is 30.3 Å². The Morgan fingerprint density at radius 2 is 1.93 bits per heavy atom. The molecule has 1 aliphatic carbocycles. The molecule has 0 unspecified atom stereocenters. The van der Waals surface area contributed by atoms with Gasteiger partial charge in [-0.05, 0) is 50.1 Å². The third-order valence-corrected chi connectivity index (χ3v) is 6.78. The summed E-state index contributed by atoms with van der Waals surface area (Å²) >= 11 is 0. The van der Waals surface area contributed by atoms with Gasteiger partial charge in [0.25, 0.3) is 0 Å². The zero-order chi connectivity index (χ0) is 17.8. The highest BCUT2D eigenvalue weighted by Crippen LogP contribution is 2.45. The summed E-state index contributed by atoms with van der Waals surface area (Å²) in [6.45, 7) is 4.43. The van der Waals surface area contributed by atoms with Crippen molar-refractivity contribution < 1.29 is 9.53 Å². The van der Waals surface area contributed by atoms with Gasteiger partial charge in [0.15, 0.2) is 0 Å². The normalized spacial score (nSPS) is 28.4. The highest BCUT2D eigenvalue weighted by molar-refractivity contribution is 5.85. The van der Waals surface area contributed by atoms with E-state index in [4.69, 9.17) is 4.74 Å². The Morgan fingerprint density at radius 1 is 1.15 bits per heavy atom. The van der Waals surface area contributed by atoms with Gasteiger partial charge in [-0.2, -0.15) is 0 Å². The molecule has 3 aliphatic rings. The number of carbonyl (C=O) groups excluding carboxylic acids is 1. The maximum Gasteiger partial charge on any atom is 0.230 e. The summed E-state index contributed by atoms with van der Waals surface area (Å²) in [4.78, 5) is 15.4. The third kappa shape index (κ3) is 4.49. The Hall–Kier alpha value is -1.10. The minimum absolute atomic E-state index is 0. The summed E-state index contributed by atoms with van der Waals surface area (Å²) in [5.41, 5.74) is 1.23. The molecule has 5 heteroatoms. The van der Waals surface area contributed by atoms with Crippen LogP contribution in [0.4, 0.5) is 0 Å². The van der Waals surface area contributed by atoms with Crippen molar-refractivity contribution in [3.05, 3.63) is 35.9 Å². The van der Waals surface area contributed by atoms with E-state index in [1.807, 2.05) is 6.07 Å². The van der Waals surface area contributed by atoms with Crippen LogP contribution < -0.4 is 5.32 Å². The van der Waals surface area contributed by atoms with Crippen molar-refractivity contribution in [3.8, 4) is 0 Å². The van der Waals surface area contributed by atoms with Crippen molar-refractivity contribution in [2.45, 2.75) is 51.0 Å². The first kappa shape index (κ1) is 20.6. The van der Waals surface area contributed by atoms with E-state index in [1.165, 1.54) is 24.8 Å². The van der Waals surface area contributed by atoms with Crippen molar-refractivity contribution in [2.24, 2.45) is 11.3 Å². The predicted molar refractivity (Wildman–Crippen MR) is 110 cm³/mol. The number of ether oxygens (including phenoxy) is 1. The Balaban J connectivity index is 0.00000210. The second kappa shape index (κ2) is 9.40. The van der Waals surface area contributed by atoms with E-state index in [1.54, 1.807) is 0 Å². The number of hydrogen-bond donors (Lipinski definition) is 1. The molecule has 0 bridgehead atoms. The monoisotopic (exact) mass is 392 g/mol. The number of benzene rings is 1. The summed E-state index contributed by atoms with van der Waals surface area (Å²) in [5.74, 6) is 0.985. The minimum Gasteiger partial charge on any atom is -0.378 e. The number of nitrogens with zero attached hydrogens (tertiary/aromatic N) is 1. The molecular weight excluding hydrogens is 360 g/mol. The average Bonchev–Trinajstić information content (AvgIpc) is 3.14. The summed E-state index contributed by atoms with van der Waals surface area (Å²) in [6, 6.07) is 10.5. The molecule has 1 N–H and O–H groups in total. The molecule has 1 saturated carbocycles. The molecule has 1 aromatic carbocycles. The number of piperidine rings is 1. The van der Waals surface area contributed by atoms with Gasteiger partial charge in [-0.1, -0.05) is 43.2 Å². The topological polar surface area (TPSA) is 41.6 Å². The molecule has 150 valence electrons. The molecule has 0 radical (unpaired) electrons. The van der Waals surface area contributed by atoms with Crippen LogP contribution in [-0.4, -0.2) is 49.7 Å². The standard InChI is InChI=1S/C22H32N2O2.ClH/c25-21(22-12-5-4-8-19(22)16-23-17-22)24-13-9-20(10-14-24)26-15-11-18-6-2-1-3-7-18;/h1-3,6-7,19-20,23H,4-5,8-17H2;1H/t19-,22+;/m0./s1. The van der Waals surface area contributed by atoms with Crippen LogP contribution in [0.3, 0.4) is 0 Å². The van der Waals surface area contributed by atoms with Gasteiger partial charge in [-0.25, -0.2) is 0 Å². The summed E-state index contributed by atoms with van der Waals surface area (Å²) in [5, 5.41) is 3.51. The Labute approximate surface area is 169 Å². The lowest BCUT2D eigenvalue weighted by Crippen LogP contribution is -2.52. The van der Waals surface area contributed by atoms with Crippen LogP contribution in [0.1, 0.15) is 44.1 Å². The molecule has 4 rings (SSSR count). The van der Waals surface area contributed by atoms with Crippen LogP contribution in [0.5, 0.6) is 0 Å².